The number of carbonyl (C=O) groups is 3. The van der Waals surface area contributed by atoms with Crippen molar-refractivity contribution in [3.05, 3.63) is 51.9 Å². The molecule has 0 spiro atoms. The van der Waals surface area contributed by atoms with Crippen LogP contribution in [0.1, 0.15) is 57.6 Å². The first-order chi connectivity index (χ1) is 18.1. The molecule has 0 saturated carbocycles. The fraction of sp³-hybridized carbons (Fsp3) is 0.556. The molecule has 216 valence electrons. The maximum Gasteiger partial charge on any atom is 0.410 e. The molecule has 39 heavy (non-hydrogen) atoms. The lowest BCUT2D eigenvalue weighted by Crippen LogP contribution is -2.58. The van der Waals surface area contributed by atoms with Crippen LogP contribution >= 0.6 is 0 Å². The van der Waals surface area contributed by atoms with Gasteiger partial charge in [0.05, 0.1) is 35.1 Å². The minimum Gasteiger partial charge on any atom is -0.444 e. The third-order valence-corrected chi connectivity index (χ3v) is 6.20. The Morgan fingerprint density at radius 2 is 1.77 bits per heavy atom. The van der Waals surface area contributed by atoms with Crippen LogP contribution in [0.25, 0.3) is 5.69 Å². The summed E-state index contributed by atoms with van der Waals surface area (Å²) in [5.41, 5.74) is 1.93. The van der Waals surface area contributed by atoms with E-state index < -0.39 is 40.3 Å². The highest BCUT2D eigenvalue weighted by atomic mass is 16.6. The SMILES string of the molecule is CN.Cc1c(C(=O)NC2CN(C(=O)OC(C)(C)C)CC2(C)NC=O)c(=O)n(-c2ccccc2)n1CC(C)(C)O. The molecule has 1 aromatic heterocycles. The van der Waals surface area contributed by atoms with E-state index in [9.17, 15) is 24.3 Å². The molecule has 0 aliphatic carbocycles. The molecule has 3 rings (SSSR count). The van der Waals surface area contributed by atoms with Gasteiger partial charge in [0.15, 0.2) is 0 Å². The highest BCUT2D eigenvalue weighted by molar-refractivity contribution is 5.95. The molecule has 0 radical (unpaired) electrons. The van der Waals surface area contributed by atoms with Crippen molar-refractivity contribution in [1.29, 1.82) is 0 Å². The second-order valence-corrected chi connectivity index (χ2v) is 11.3. The number of rotatable bonds is 7. The van der Waals surface area contributed by atoms with Gasteiger partial charge in [0, 0.05) is 13.1 Å². The van der Waals surface area contributed by atoms with Gasteiger partial charge in [-0.15, -0.1) is 0 Å². The minimum absolute atomic E-state index is 0.0660. The maximum atomic E-state index is 13.6. The van der Waals surface area contributed by atoms with Gasteiger partial charge in [-0.1, -0.05) is 18.2 Å². The smallest absolute Gasteiger partial charge is 0.410 e. The zero-order valence-electron chi connectivity index (χ0n) is 24.1. The van der Waals surface area contributed by atoms with E-state index in [1.165, 1.54) is 16.6 Å². The summed E-state index contributed by atoms with van der Waals surface area (Å²) in [5, 5.41) is 16.1. The Morgan fingerprint density at radius 1 is 1.18 bits per heavy atom. The molecular formula is C27H42N6O6. The molecule has 1 fully saturated rings. The second kappa shape index (κ2) is 12.0. The van der Waals surface area contributed by atoms with E-state index >= 15 is 0 Å². The van der Waals surface area contributed by atoms with Crippen molar-refractivity contribution in [2.24, 2.45) is 5.73 Å². The monoisotopic (exact) mass is 546 g/mol. The molecule has 1 saturated heterocycles. The standard InChI is InChI=1S/C26H37N5O6.CH5N/c1-17-20(22(34)31(18-11-9-8-10-12-18)30(17)14-25(5,6)36)21(33)28-19-13-29(15-26(19,7)27-16-32)23(35)37-24(2,3)4;1-2/h8-12,16,19,36H,13-15H2,1-7H3,(H,27,32)(H,28,33);2H2,1H3. The van der Waals surface area contributed by atoms with Crippen LogP contribution in [-0.2, 0) is 16.1 Å². The summed E-state index contributed by atoms with van der Waals surface area (Å²) in [7, 11) is 1.50. The van der Waals surface area contributed by atoms with Gasteiger partial charge in [0.2, 0.25) is 6.41 Å². The Bertz CT molecular complexity index is 1220. The highest BCUT2D eigenvalue weighted by Crippen LogP contribution is 2.24. The van der Waals surface area contributed by atoms with E-state index in [0.29, 0.717) is 17.8 Å². The van der Waals surface area contributed by atoms with Crippen LogP contribution in [0.15, 0.2) is 35.1 Å². The lowest BCUT2D eigenvalue weighted by molar-refractivity contribution is -0.111. The van der Waals surface area contributed by atoms with Gasteiger partial charge in [0.1, 0.15) is 11.2 Å². The molecule has 2 heterocycles. The molecule has 2 aromatic rings. The van der Waals surface area contributed by atoms with E-state index in [4.69, 9.17) is 4.74 Å². The molecule has 12 heteroatoms. The average molecular weight is 547 g/mol. The Hall–Kier alpha value is -3.64. The van der Waals surface area contributed by atoms with Crippen LogP contribution < -0.4 is 21.9 Å². The van der Waals surface area contributed by atoms with Gasteiger partial charge in [-0.2, -0.15) is 0 Å². The minimum atomic E-state index is -1.16. The number of nitrogens with zero attached hydrogens (tertiary/aromatic N) is 3. The quantitative estimate of drug-likeness (QED) is 0.379. The first-order valence-corrected chi connectivity index (χ1v) is 12.7. The van der Waals surface area contributed by atoms with E-state index in [-0.39, 0.29) is 25.2 Å². The molecule has 1 aromatic carbocycles. The Balaban J connectivity index is 0.00000260. The second-order valence-electron chi connectivity index (χ2n) is 11.3. The predicted molar refractivity (Wildman–Crippen MR) is 148 cm³/mol. The fourth-order valence-electron chi connectivity index (χ4n) is 4.47. The number of hydrogen-bond acceptors (Lipinski definition) is 7. The molecule has 5 N–H and O–H groups in total. The average Bonchev–Trinajstić information content (AvgIpc) is 3.27. The van der Waals surface area contributed by atoms with Gasteiger partial charge >= 0.3 is 6.09 Å². The van der Waals surface area contributed by atoms with Gasteiger partial charge in [-0.25, -0.2) is 9.48 Å². The number of hydrogen-bond donors (Lipinski definition) is 4. The Labute approximate surface area is 229 Å². The van der Waals surface area contributed by atoms with E-state index in [0.717, 1.165) is 0 Å². The third-order valence-electron chi connectivity index (χ3n) is 6.20. The number of benzene rings is 1. The van der Waals surface area contributed by atoms with Crippen LogP contribution in [0.2, 0.25) is 0 Å². The summed E-state index contributed by atoms with van der Waals surface area (Å²) in [4.78, 5) is 52.6. The Kier molecular flexibility index (Phi) is 9.75. The number of carbonyl (C=O) groups excluding carboxylic acids is 3. The lowest BCUT2D eigenvalue weighted by atomic mass is 9.96. The van der Waals surface area contributed by atoms with Crippen molar-refractivity contribution in [3.8, 4) is 5.69 Å². The van der Waals surface area contributed by atoms with Gasteiger partial charge in [-0.3, -0.25) is 19.1 Å². The molecule has 3 amide bonds. The molecule has 1 aliphatic rings. The van der Waals surface area contributed by atoms with Crippen molar-refractivity contribution in [2.75, 3.05) is 20.1 Å². The van der Waals surface area contributed by atoms with E-state index in [1.807, 2.05) is 6.07 Å². The number of aliphatic hydroxyl groups is 1. The fourth-order valence-corrected chi connectivity index (χ4v) is 4.47. The van der Waals surface area contributed by atoms with Crippen molar-refractivity contribution >= 4 is 18.4 Å². The largest absolute Gasteiger partial charge is 0.444 e. The number of aromatic nitrogens is 2. The van der Waals surface area contributed by atoms with Crippen molar-refractivity contribution in [3.63, 3.8) is 0 Å². The molecule has 0 bridgehead atoms. The molecule has 1 aliphatic heterocycles. The number of likely N-dealkylation sites (tertiary alicyclic amines) is 1. The van der Waals surface area contributed by atoms with Crippen molar-refractivity contribution in [2.45, 2.75) is 77.8 Å². The highest BCUT2D eigenvalue weighted by Gasteiger charge is 2.47. The number of nitrogens with one attached hydrogen (secondary N) is 2. The topological polar surface area (TPSA) is 161 Å². The van der Waals surface area contributed by atoms with Gasteiger partial charge in [-0.05, 0) is 67.6 Å². The maximum absolute atomic E-state index is 13.6. The van der Waals surface area contributed by atoms with E-state index in [1.54, 1.807) is 77.4 Å². The predicted octanol–water partition coefficient (Wildman–Crippen LogP) is 1.15. The van der Waals surface area contributed by atoms with Gasteiger partial charge in [0.25, 0.3) is 11.5 Å². The number of para-hydroxylation sites is 1. The zero-order chi connectivity index (χ0) is 29.8. The molecular weight excluding hydrogens is 504 g/mol. The van der Waals surface area contributed by atoms with Crippen LogP contribution in [0, 0.1) is 6.92 Å². The molecule has 2 unspecified atom stereocenters. The zero-order valence-corrected chi connectivity index (χ0v) is 24.1. The lowest BCUT2D eigenvalue weighted by Gasteiger charge is -2.30. The van der Waals surface area contributed by atoms with Crippen LogP contribution in [0.3, 0.4) is 0 Å². The first-order valence-electron chi connectivity index (χ1n) is 12.7. The number of amides is 3. The van der Waals surface area contributed by atoms with Crippen LogP contribution in [-0.4, -0.2) is 80.7 Å². The summed E-state index contributed by atoms with van der Waals surface area (Å²) in [6, 6.07) is 8.15. The van der Waals surface area contributed by atoms with E-state index in [2.05, 4.69) is 16.4 Å². The summed E-state index contributed by atoms with van der Waals surface area (Å²) in [6.45, 7) is 12.1. The van der Waals surface area contributed by atoms with Crippen molar-refractivity contribution < 1.29 is 24.2 Å². The van der Waals surface area contributed by atoms with Crippen LogP contribution in [0.5, 0.6) is 0 Å². The van der Waals surface area contributed by atoms with Crippen LogP contribution in [0.4, 0.5) is 4.79 Å². The molecule has 2 atom stereocenters. The first kappa shape index (κ1) is 31.6. The summed E-state index contributed by atoms with van der Waals surface area (Å²) >= 11 is 0. The summed E-state index contributed by atoms with van der Waals surface area (Å²) < 4.78 is 8.41. The number of ether oxygens (including phenoxy) is 1. The summed E-state index contributed by atoms with van der Waals surface area (Å²) in [6.07, 6.45) is -0.0484. The summed E-state index contributed by atoms with van der Waals surface area (Å²) in [5.74, 6) is -0.642. The van der Waals surface area contributed by atoms with Gasteiger partial charge < -0.3 is 31.1 Å². The normalized spacial score (nSPS) is 19.1. The molecule has 12 nitrogen and oxygen atoms in total. The number of nitrogens with two attached hydrogens (primary N) is 1. The third kappa shape index (κ3) is 7.48. The van der Waals surface area contributed by atoms with Crippen molar-refractivity contribution in [1.82, 2.24) is 24.9 Å². The Morgan fingerprint density at radius 3 is 2.28 bits per heavy atom.